The summed E-state index contributed by atoms with van der Waals surface area (Å²) in [4.78, 5) is 11.1. The second-order valence-electron chi connectivity index (χ2n) is 4.54. The molecule has 3 rings (SSSR count). The fourth-order valence-corrected chi connectivity index (χ4v) is 2.37. The minimum atomic E-state index is -1.02. The van der Waals surface area contributed by atoms with Crippen LogP contribution in [0.25, 0.3) is 0 Å². The van der Waals surface area contributed by atoms with E-state index in [0.717, 1.165) is 16.7 Å². The number of carboxylic acids is 1. The topological polar surface area (TPSA) is 72.6 Å². The number of anilines is 1. The van der Waals surface area contributed by atoms with Crippen molar-refractivity contribution >= 4 is 11.7 Å². The number of hydrogen-bond acceptors (Lipinski definition) is 3. The highest BCUT2D eigenvalue weighted by atomic mass is 16.5. The van der Waals surface area contributed by atoms with Crippen LogP contribution in [0.15, 0.2) is 36.4 Å². The molecule has 0 saturated heterocycles. The van der Waals surface area contributed by atoms with Crippen molar-refractivity contribution in [2.75, 3.05) is 5.73 Å². The number of nitrogen functional groups attached to an aromatic ring is 1. The van der Waals surface area contributed by atoms with Gasteiger partial charge in [-0.25, -0.2) is 4.79 Å². The number of rotatable bonds is 1. The van der Waals surface area contributed by atoms with Gasteiger partial charge in [0.1, 0.15) is 12.4 Å². The number of carboxylic acid groups (broad SMARTS) is 1. The number of nitrogens with two attached hydrogens (primary N) is 1. The third-order valence-corrected chi connectivity index (χ3v) is 3.41. The quantitative estimate of drug-likeness (QED) is 0.768. The summed E-state index contributed by atoms with van der Waals surface area (Å²) < 4.78 is 5.72. The van der Waals surface area contributed by atoms with Gasteiger partial charge in [0.2, 0.25) is 0 Å². The van der Waals surface area contributed by atoms with E-state index >= 15 is 0 Å². The number of aromatic carboxylic acids is 1. The maximum absolute atomic E-state index is 11.1. The normalized spacial score (nSPS) is 12.8. The third kappa shape index (κ3) is 1.91. The Hall–Kier alpha value is -2.49. The van der Waals surface area contributed by atoms with Gasteiger partial charge in [0.25, 0.3) is 0 Å². The van der Waals surface area contributed by atoms with Gasteiger partial charge >= 0.3 is 5.97 Å². The molecule has 0 spiro atoms. The SMILES string of the molecule is Nc1c(C(=O)O)ccc2c1Cc1ccccc1CO2. The maximum Gasteiger partial charge on any atom is 0.337 e. The van der Waals surface area contributed by atoms with Crippen molar-refractivity contribution in [1.82, 2.24) is 0 Å². The smallest absolute Gasteiger partial charge is 0.337 e. The first-order valence-electron chi connectivity index (χ1n) is 6.01. The third-order valence-electron chi connectivity index (χ3n) is 3.41. The van der Waals surface area contributed by atoms with Gasteiger partial charge in [0, 0.05) is 12.0 Å². The fourth-order valence-electron chi connectivity index (χ4n) is 2.37. The van der Waals surface area contributed by atoms with E-state index in [-0.39, 0.29) is 5.56 Å². The van der Waals surface area contributed by atoms with Crippen LogP contribution in [0.4, 0.5) is 5.69 Å². The Balaban J connectivity index is 2.15. The van der Waals surface area contributed by atoms with Crippen LogP contribution in [0.3, 0.4) is 0 Å². The maximum atomic E-state index is 11.1. The summed E-state index contributed by atoms with van der Waals surface area (Å²) in [5.74, 6) is -0.350. The van der Waals surface area contributed by atoms with E-state index in [1.54, 1.807) is 6.07 Å². The van der Waals surface area contributed by atoms with Crippen LogP contribution < -0.4 is 10.5 Å². The van der Waals surface area contributed by atoms with E-state index in [2.05, 4.69) is 0 Å². The first kappa shape index (κ1) is 11.6. The molecule has 0 radical (unpaired) electrons. The molecule has 0 atom stereocenters. The minimum Gasteiger partial charge on any atom is -0.489 e. The van der Waals surface area contributed by atoms with Crippen molar-refractivity contribution in [2.24, 2.45) is 0 Å². The molecule has 0 aromatic heterocycles. The zero-order valence-electron chi connectivity index (χ0n) is 10.2. The van der Waals surface area contributed by atoms with Crippen LogP contribution in [0.1, 0.15) is 27.0 Å². The molecule has 0 fully saturated rings. The van der Waals surface area contributed by atoms with Crippen LogP contribution in [0.2, 0.25) is 0 Å². The molecule has 1 heterocycles. The second kappa shape index (κ2) is 4.31. The van der Waals surface area contributed by atoms with Gasteiger partial charge < -0.3 is 15.6 Å². The van der Waals surface area contributed by atoms with Crippen molar-refractivity contribution in [3.05, 3.63) is 58.7 Å². The number of ether oxygens (including phenoxy) is 1. The average molecular weight is 255 g/mol. The molecule has 0 aliphatic carbocycles. The van der Waals surface area contributed by atoms with E-state index in [0.29, 0.717) is 24.5 Å². The largest absolute Gasteiger partial charge is 0.489 e. The molecule has 1 aliphatic rings. The molecule has 0 amide bonds. The highest BCUT2D eigenvalue weighted by Gasteiger charge is 2.20. The predicted octanol–water partition coefficient (Wildman–Crippen LogP) is 2.45. The lowest BCUT2D eigenvalue weighted by Gasteiger charge is -2.11. The van der Waals surface area contributed by atoms with Crippen molar-refractivity contribution in [2.45, 2.75) is 13.0 Å². The van der Waals surface area contributed by atoms with E-state index in [4.69, 9.17) is 15.6 Å². The fraction of sp³-hybridized carbons (Fsp3) is 0.133. The van der Waals surface area contributed by atoms with Gasteiger partial charge in [-0.05, 0) is 23.3 Å². The molecule has 96 valence electrons. The van der Waals surface area contributed by atoms with Crippen LogP contribution >= 0.6 is 0 Å². The van der Waals surface area contributed by atoms with Crippen LogP contribution in [0.5, 0.6) is 5.75 Å². The Morgan fingerprint density at radius 1 is 1.16 bits per heavy atom. The van der Waals surface area contributed by atoms with E-state index < -0.39 is 5.97 Å². The molecule has 0 unspecified atom stereocenters. The van der Waals surface area contributed by atoms with Crippen molar-refractivity contribution in [3.8, 4) is 5.75 Å². The van der Waals surface area contributed by atoms with Crippen LogP contribution in [-0.4, -0.2) is 11.1 Å². The molecule has 3 N–H and O–H groups in total. The monoisotopic (exact) mass is 255 g/mol. The lowest BCUT2D eigenvalue weighted by molar-refractivity contribution is 0.0698. The summed E-state index contributed by atoms with van der Waals surface area (Å²) in [7, 11) is 0. The van der Waals surface area contributed by atoms with Crippen molar-refractivity contribution < 1.29 is 14.6 Å². The Kier molecular flexibility index (Phi) is 2.63. The molecular weight excluding hydrogens is 242 g/mol. The minimum absolute atomic E-state index is 0.127. The Morgan fingerprint density at radius 2 is 1.89 bits per heavy atom. The first-order valence-corrected chi connectivity index (χ1v) is 6.01. The van der Waals surface area contributed by atoms with E-state index in [9.17, 15) is 4.79 Å². The lowest BCUT2D eigenvalue weighted by atomic mass is 9.97. The summed E-state index contributed by atoms with van der Waals surface area (Å²) in [6.07, 6.45) is 0.596. The number of carbonyl (C=O) groups is 1. The van der Waals surface area contributed by atoms with Crippen molar-refractivity contribution in [1.29, 1.82) is 0 Å². The summed E-state index contributed by atoms with van der Waals surface area (Å²) in [5.41, 5.74) is 9.37. The van der Waals surface area contributed by atoms with Gasteiger partial charge in [-0.15, -0.1) is 0 Å². The Bertz CT molecular complexity index is 664. The summed E-state index contributed by atoms with van der Waals surface area (Å²) in [5, 5.41) is 9.11. The van der Waals surface area contributed by atoms with Gasteiger partial charge in [0.15, 0.2) is 0 Å². The second-order valence-corrected chi connectivity index (χ2v) is 4.54. The van der Waals surface area contributed by atoms with Gasteiger partial charge in [-0.1, -0.05) is 24.3 Å². The molecule has 0 saturated carbocycles. The Labute approximate surface area is 110 Å². The lowest BCUT2D eigenvalue weighted by Crippen LogP contribution is -2.06. The molecule has 0 bridgehead atoms. The zero-order valence-corrected chi connectivity index (χ0v) is 10.2. The molecule has 1 aliphatic heterocycles. The number of benzene rings is 2. The molecule has 2 aromatic carbocycles. The highest BCUT2D eigenvalue weighted by Crippen LogP contribution is 2.34. The number of hydrogen-bond donors (Lipinski definition) is 2. The zero-order chi connectivity index (χ0) is 13.4. The van der Waals surface area contributed by atoms with E-state index in [1.807, 2.05) is 24.3 Å². The summed E-state index contributed by atoms with van der Waals surface area (Å²) in [6.45, 7) is 0.481. The molecule has 19 heavy (non-hydrogen) atoms. The first-order chi connectivity index (χ1) is 9.16. The molecule has 2 aromatic rings. The molecule has 4 nitrogen and oxygen atoms in total. The van der Waals surface area contributed by atoms with E-state index in [1.165, 1.54) is 6.07 Å². The number of fused-ring (bicyclic) bond motifs is 2. The predicted molar refractivity (Wildman–Crippen MR) is 71.4 cm³/mol. The highest BCUT2D eigenvalue weighted by molar-refractivity contribution is 5.95. The Morgan fingerprint density at radius 3 is 2.63 bits per heavy atom. The van der Waals surface area contributed by atoms with Crippen LogP contribution in [0, 0.1) is 0 Å². The summed E-state index contributed by atoms with van der Waals surface area (Å²) in [6, 6.07) is 11.1. The molecular formula is C15H13NO3. The van der Waals surface area contributed by atoms with Gasteiger partial charge in [0.05, 0.1) is 11.3 Å². The van der Waals surface area contributed by atoms with Gasteiger partial charge in [-0.3, -0.25) is 0 Å². The molecule has 4 heteroatoms. The van der Waals surface area contributed by atoms with Crippen LogP contribution in [-0.2, 0) is 13.0 Å². The average Bonchev–Trinajstić information content (AvgIpc) is 2.59. The summed E-state index contributed by atoms with van der Waals surface area (Å²) >= 11 is 0. The standard InChI is InChI=1S/C15H13NO3/c16-14-11(15(17)18)5-6-13-12(14)7-9-3-1-2-4-10(9)8-19-13/h1-6H,7-8,16H2,(H,17,18). The van der Waals surface area contributed by atoms with Crippen molar-refractivity contribution in [3.63, 3.8) is 0 Å². The van der Waals surface area contributed by atoms with Gasteiger partial charge in [-0.2, -0.15) is 0 Å².